The Bertz CT molecular complexity index is 1890. The lowest BCUT2D eigenvalue weighted by molar-refractivity contribution is -0.272. The second-order valence-electron chi connectivity index (χ2n) is 11.1. The Morgan fingerprint density at radius 1 is 0.750 bits per heavy atom. The number of rotatable bonds is 10. The van der Waals surface area contributed by atoms with Crippen molar-refractivity contribution in [3.63, 3.8) is 0 Å². The first-order chi connectivity index (χ1) is 21.2. The quantitative estimate of drug-likeness (QED) is 0.106. The van der Waals surface area contributed by atoms with Gasteiger partial charge in [-0.1, -0.05) is 25.3 Å². The van der Waals surface area contributed by atoms with Crippen LogP contribution in [0.1, 0.15) is 84.6 Å². The van der Waals surface area contributed by atoms with Crippen LogP contribution < -0.4 is 0 Å². The molecule has 0 aliphatic carbocycles. The molecule has 228 valence electrons. The van der Waals surface area contributed by atoms with E-state index in [2.05, 4.69) is 75.1 Å². The average molecular weight is 593 g/mol. The molecule has 0 spiro atoms. The van der Waals surface area contributed by atoms with Crippen molar-refractivity contribution in [2.45, 2.75) is 53.4 Å². The number of esters is 1. The fourth-order valence-electron chi connectivity index (χ4n) is 6.02. The van der Waals surface area contributed by atoms with E-state index in [0.717, 1.165) is 102 Å². The topological polar surface area (TPSA) is 102 Å². The molecule has 5 rings (SSSR count). The summed E-state index contributed by atoms with van der Waals surface area (Å²) in [5.74, 6) is -0.257. The highest BCUT2D eigenvalue weighted by Crippen LogP contribution is 2.38. The van der Waals surface area contributed by atoms with Crippen molar-refractivity contribution >= 4 is 62.5 Å². The Morgan fingerprint density at radius 3 is 1.82 bits per heavy atom. The largest absolute Gasteiger partial charge is 0.469 e. The minimum absolute atomic E-state index is 0.257. The third kappa shape index (κ3) is 5.83. The van der Waals surface area contributed by atoms with Crippen LogP contribution in [0.4, 0.5) is 0 Å². The summed E-state index contributed by atoms with van der Waals surface area (Å²) in [6.07, 6.45) is 6.05. The van der Waals surface area contributed by atoms with E-state index in [1.807, 2.05) is 12.2 Å². The van der Waals surface area contributed by atoms with E-state index in [1.54, 1.807) is 0 Å². The zero-order valence-corrected chi connectivity index (χ0v) is 26.4. The van der Waals surface area contributed by atoms with E-state index < -0.39 is 0 Å². The molecule has 0 aromatic carbocycles. The number of carbonyl (C=O) groups is 1. The van der Waals surface area contributed by atoms with Crippen LogP contribution in [0.15, 0.2) is 37.4 Å². The molecule has 2 aliphatic heterocycles. The molecule has 2 aliphatic rings. The van der Waals surface area contributed by atoms with Crippen LogP contribution in [0.3, 0.4) is 0 Å². The van der Waals surface area contributed by atoms with Gasteiger partial charge in [0.05, 0.1) is 43.6 Å². The van der Waals surface area contributed by atoms with E-state index >= 15 is 0 Å². The molecule has 2 N–H and O–H groups in total. The molecule has 0 radical (unpaired) electrons. The highest BCUT2D eigenvalue weighted by Gasteiger charge is 2.22. The maximum Gasteiger partial charge on any atom is 0.305 e. The predicted molar refractivity (Wildman–Crippen MR) is 179 cm³/mol. The van der Waals surface area contributed by atoms with Crippen molar-refractivity contribution in [3.8, 4) is 0 Å². The van der Waals surface area contributed by atoms with Crippen LogP contribution in [0, 0.1) is 13.8 Å². The third-order valence-electron chi connectivity index (χ3n) is 8.62. The molecule has 44 heavy (non-hydrogen) atoms. The van der Waals surface area contributed by atoms with Gasteiger partial charge in [0.15, 0.2) is 0 Å². The molecule has 8 nitrogen and oxygen atoms in total. The SMILES string of the molecule is C=Cc1c(C)c2cc3[nH]c(cc4nc(cc5nc(cc1[nH]2)C(C)=C5CCC(=O)OC)C(CCCOOC)=C4C)c(C)c3C=C. The number of hydrogen-bond acceptors (Lipinski definition) is 6. The number of aromatic amines is 2. The third-order valence-corrected chi connectivity index (χ3v) is 8.62. The molecule has 8 heteroatoms. The van der Waals surface area contributed by atoms with E-state index in [4.69, 9.17) is 24.5 Å². The van der Waals surface area contributed by atoms with E-state index in [-0.39, 0.29) is 12.4 Å². The smallest absolute Gasteiger partial charge is 0.305 e. The van der Waals surface area contributed by atoms with Crippen molar-refractivity contribution < 1.29 is 19.3 Å². The van der Waals surface area contributed by atoms with Crippen LogP contribution in [0.25, 0.3) is 56.5 Å². The Hall–Kier alpha value is -4.53. The van der Waals surface area contributed by atoms with Crippen molar-refractivity contribution in [1.82, 2.24) is 19.9 Å². The van der Waals surface area contributed by atoms with Crippen molar-refractivity contribution in [2.24, 2.45) is 0 Å². The van der Waals surface area contributed by atoms with Gasteiger partial charge in [-0.25, -0.2) is 19.7 Å². The van der Waals surface area contributed by atoms with Gasteiger partial charge in [0.2, 0.25) is 0 Å². The van der Waals surface area contributed by atoms with Gasteiger partial charge in [-0.15, -0.1) is 0 Å². The highest BCUT2D eigenvalue weighted by atomic mass is 17.2. The number of ether oxygens (including phenoxy) is 1. The summed E-state index contributed by atoms with van der Waals surface area (Å²) < 4.78 is 4.96. The van der Waals surface area contributed by atoms with Gasteiger partial charge < -0.3 is 14.7 Å². The van der Waals surface area contributed by atoms with E-state index in [1.165, 1.54) is 14.2 Å². The van der Waals surface area contributed by atoms with E-state index in [9.17, 15) is 4.79 Å². The molecule has 0 saturated heterocycles. The summed E-state index contributed by atoms with van der Waals surface area (Å²) in [5.41, 5.74) is 15.7. The maximum absolute atomic E-state index is 12.2. The van der Waals surface area contributed by atoms with Crippen molar-refractivity contribution in [2.75, 3.05) is 20.8 Å². The molecule has 0 atom stereocenters. The fourth-order valence-corrected chi connectivity index (χ4v) is 6.02. The maximum atomic E-state index is 12.2. The second kappa shape index (κ2) is 13.0. The highest BCUT2D eigenvalue weighted by molar-refractivity contribution is 5.96. The first kappa shape index (κ1) is 30.9. The number of methoxy groups -OCH3 is 1. The number of nitrogens with zero attached hydrogens (tertiary/aromatic N) is 2. The van der Waals surface area contributed by atoms with E-state index in [0.29, 0.717) is 13.0 Å². The lowest BCUT2D eigenvalue weighted by Crippen LogP contribution is -2.00. The minimum atomic E-state index is -0.257. The predicted octanol–water partition coefficient (Wildman–Crippen LogP) is 8.39. The van der Waals surface area contributed by atoms with Crippen LogP contribution in [0.5, 0.6) is 0 Å². The number of allylic oxidation sites excluding steroid dienone is 4. The monoisotopic (exact) mass is 592 g/mol. The molecule has 3 aromatic rings. The first-order valence-corrected chi connectivity index (χ1v) is 14.8. The fraction of sp³-hybridized carbons (Fsp3) is 0.306. The second-order valence-corrected chi connectivity index (χ2v) is 11.1. The number of fused-ring (bicyclic) bond motifs is 8. The molecule has 0 amide bonds. The molecule has 0 unspecified atom stereocenters. The van der Waals surface area contributed by atoms with Crippen LogP contribution in [0.2, 0.25) is 0 Å². The van der Waals surface area contributed by atoms with Gasteiger partial charge in [0.1, 0.15) is 0 Å². The Morgan fingerprint density at radius 2 is 1.27 bits per heavy atom. The molecule has 8 bridgehead atoms. The number of aryl methyl sites for hydroxylation is 2. The minimum Gasteiger partial charge on any atom is -0.469 e. The Balaban J connectivity index is 1.86. The van der Waals surface area contributed by atoms with Gasteiger partial charge in [-0.2, -0.15) is 0 Å². The zero-order valence-electron chi connectivity index (χ0n) is 26.4. The Kier molecular flexibility index (Phi) is 9.13. The number of nitrogens with one attached hydrogen (secondary N) is 2. The van der Waals surface area contributed by atoms with Crippen LogP contribution >= 0.6 is 0 Å². The lowest BCUT2D eigenvalue weighted by atomic mass is 9.98. The lowest BCUT2D eigenvalue weighted by Gasteiger charge is -2.06. The number of hydrogen-bond donors (Lipinski definition) is 2. The number of aromatic nitrogens is 4. The van der Waals surface area contributed by atoms with Crippen LogP contribution in [-0.4, -0.2) is 46.7 Å². The summed E-state index contributed by atoms with van der Waals surface area (Å²) >= 11 is 0. The molecular weight excluding hydrogens is 552 g/mol. The molecule has 0 fully saturated rings. The first-order valence-electron chi connectivity index (χ1n) is 14.8. The van der Waals surface area contributed by atoms with Crippen molar-refractivity contribution in [1.29, 1.82) is 0 Å². The van der Waals surface area contributed by atoms with Gasteiger partial charge in [0.25, 0.3) is 0 Å². The number of H-pyrrole nitrogens is 2. The van der Waals surface area contributed by atoms with Crippen molar-refractivity contribution in [3.05, 3.63) is 82.5 Å². The van der Waals surface area contributed by atoms with Gasteiger partial charge in [-0.05, 0) is 105 Å². The normalized spacial score (nSPS) is 13.0. The summed E-state index contributed by atoms with van der Waals surface area (Å²) in [4.78, 5) is 39.6. The summed E-state index contributed by atoms with van der Waals surface area (Å²) in [6, 6.07) is 8.34. The summed E-state index contributed by atoms with van der Waals surface area (Å²) in [6.45, 7) is 17.0. The van der Waals surface area contributed by atoms with Gasteiger partial charge in [-0.3, -0.25) is 4.79 Å². The standard InChI is InChI=1S/C36H40N4O4/c1-9-24-20(3)28-16-29-22(5)26(12-11-15-44-43-8)34(39-29)19-35-27(13-14-36(41)42-7)23(6)31(40-35)18-33-25(10-2)21(4)30(38-33)17-32(24)37-28/h9-10,16-19,37-38H,1-2,11-15H2,3-8H3. The van der Waals surface area contributed by atoms with Gasteiger partial charge in [0, 0.05) is 39.6 Å². The number of carbonyl (C=O) groups excluding carboxylic acids is 1. The van der Waals surface area contributed by atoms with Gasteiger partial charge >= 0.3 is 5.97 Å². The van der Waals surface area contributed by atoms with Crippen LogP contribution in [-0.2, 0) is 19.3 Å². The summed E-state index contributed by atoms with van der Waals surface area (Å²) in [5, 5.41) is 0. The molecular formula is C36H40N4O4. The zero-order chi connectivity index (χ0) is 31.5. The molecule has 3 aromatic heterocycles. The summed E-state index contributed by atoms with van der Waals surface area (Å²) in [7, 11) is 2.93. The molecule has 5 heterocycles. The molecule has 0 saturated carbocycles. The Labute approximate surface area is 258 Å². The average Bonchev–Trinajstić information content (AvgIpc) is 3.67.